The number of carboxylic acid groups (broad SMARTS) is 1. The Morgan fingerprint density at radius 2 is 2.25 bits per heavy atom. The van der Waals surface area contributed by atoms with Gasteiger partial charge >= 0.3 is 5.97 Å². The minimum atomic E-state index is -1.08. The maximum atomic E-state index is 10.8. The highest BCUT2D eigenvalue weighted by Gasteiger charge is 2.13. The molecule has 5 nitrogen and oxygen atoms in total. The molecule has 0 bridgehead atoms. The van der Waals surface area contributed by atoms with Gasteiger partial charge in [-0.05, 0) is 19.1 Å². The van der Waals surface area contributed by atoms with Crippen LogP contribution in [0, 0.1) is 6.92 Å². The van der Waals surface area contributed by atoms with E-state index in [0.717, 1.165) is 5.69 Å². The lowest BCUT2D eigenvalue weighted by Crippen LogP contribution is -2.00. The van der Waals surface area contributed by atoms with E-state index >= 15 is 0 Å². The molecule has 0 saturated heterocycles. The SMILES string of the molecule is Cc1[nH]nc(-c2cccc(C(=O)O)n2)c1Cl. The number of nitrogens with zero attached hydrogens (tertiary/aromatic N) is 2. The summed E-state index contributed by atoms with van der Waals surface area (Å²) in [5.74, 6) is -1.08. The Balaban J connectivity index is 2.52. The van der Waals surface area contributed by atoms with Crippen LogP contribution < -0.4 is 0 Å². The van der Waals surface area contributed by atoms with Crippen LogP contribution >= 0.6 is 11.6 Å². The van der Waals surface area contributed by atoms with Gasteiger partial charge in [0.25, 0.3) is 0 Å². The van der Waals surface area contributed by atoms with E-state index in [4.69, 9.17) is 16.7 Å². The summed E-state index contributed by atoms with van der Waals surface area (Å²) in [5, 5.41) is 15.9. The number of rotatable bonds is 2. The molecular weight excluding hydrogens is 230 g/mol. The number of hydrogen-bond donors (Lipinski definition) is 2. The van der Waals surface area contributed by atoms with E-state index < -0.39 is 5.97 Å². The van der Waals surface area contributed by atoms with Gasteiger partial charge in [-0.3, -0.25) is 5.10 Å². The molecule has 16 heavy (non-hydrogen) atoms. The van der Waals surface area contributed by atoms with E-state index in [0.29, 0.717) is 16.4 Å². The summed E-state index contributed by atoms with van der Waals surface area (Å²) >= 11 is 5.99. The lowest BCUT2D eigenvalue weighted by Gasteiger charge is -1.98. The number of halogens is 1. The fourth-order valence-electron chi connectivity index (χ4n) is 1.27. The number of nitrogens with one attached hydrogen (secondary N) is 1. The molecule has 6 heteroatoms. The van der Waals surface area contributed by atoms with E-state index in [1.165, 1.54) is 6.07 Å². The number of H-pyrrole nitrogens is 1. The summed E-state index contributed by atoms with van der Waals surface area (Å²) in [4.78, 5) is 14.7. The van der Waals surface area contributed by atoms with Crippen molar-refractivity contribution < 1.29 is 9.90 Å². The number of pyridine rings is 1. The molecule has 0 aliphatic carbocycles. The van der Waals surface area contributed by atoms with Gasteiger partial charge in [0.15, 0.2) is 0 Å². The largest absolute Gasteiger partial charge is 0.477 e. The minimum Gasteiger partial charge on any atom is -0.477 e. The van der Waals surface area contributed by atoms with Gasteiger partial charge in [0.05, 0.1) is 16.4 Å². The third-order valence-electron chi connectivity index (χ3n) is 2.08. The maximum absolute atomic E-state index is 10.8. The zero-order chi connectivity index (χ0) is 11.7. The van der Waals surface area contributed by atoms with Crippen LogP contribution in [0.3, 0.4) is 0 Å². The van der Waals surface area contributed by atoms with Crippen molar-refractivity contribution in [1.82, 2.24) is 15.2 Å². The van der Waals surface area contributed by atoms with E-state index in [2.05, 4.69) is 15.2 Å². The van der Waals surface area contributed by atoms with Crippen LogP contribution in [0.2, 0.25) is 5.02 Å². The first-order valence-corrected chi connectivity index (χ1v) is 4.88. The summed E-state index contributed by atoms with van der Waals surface area (Å²) in [6.07, 6.45) is 0. The summed E-state index contributed by atoms with van der Waals surface area (Å²) < 4.78 is 0. The Kier molecular flexibility index (Phi) is 2.62. The number of aromatic nitrogens is 3. The fraction of sp³-hybridized carbons (Fsp3) is 0.100. The highest BCUT2D eigenvalue weighted by molar-refractivity contribution is 6.33. The average molecular weight is 238 g/mol. The number of hydrogen-bond acceptors (Lipinski definition) is 3. The predicted octanol–water partition coefficient (Wildman–Crippen LogP) is 2.13. The Bertz CT molecular complexity index is 551. The van der Waals surface area contributed by atoms with Crippen molar-refractivity contribution in [3.05, 3.63) is 34.6 Å². The first kappa shape index (κ1) is 10.6. The third kappa shape index (κ3) is 1.77. The van der Waals surface area contributed by atoms with Gasteiger partial charge in [-0.25, -0.2) is 9.78 Å². The molecule has 0 unspecified atom stereocenters. The molecular formula is C10H8ClN3O2. The maximum Gasteiger partial charge on any atom is 0.354 e. The molecule has 2 rings (SSSR count). The first-order chi connectivity index (χ1) is 7.59. The van der Waals surface area contributed by atoms with Crippen LogP contribution in [0.5, 0.6) is 0 Å². The summed E-state index contributed by atoms with van der Waals surface area (Å²) in [6, 6.07) is 4.68. The van der Waals surface area contributed by atoms with Gasteiger partial charge in [0.2, 0.25) is 0 Å². The van der Waals surface area contributed by atoms with Gasteiger partial charge < -0.3 is 5.11 Å². The van der Waals surface area contributed by atoms with Crippen molar-refractivity contribution in [1.29, 1.82) is 0 Å². The third-order valence-corrected chi connectivity index (χ3v) is 2.55. The smallest absolute Gasteiger partial charge is 0.354 e. The molecule has 2 aromatic rings. The van der Waals surface area contributed by atoms with Crippen LogP contribution in [0.1, 0.15) is 16.2 Å². The topological polar surface area (TPSA) is 78.9 Å². The molecule has 0 saturated carbocycles. The first-order valence-electron chi connectivity index (χ1n) is 4.51. The average Bonchev–Trinajstić information content (AvgIpc) is 2.60. The fourth-order valence-corrected chi connectivity index (χ4v) is 1.45. The molecule has 0 fully saturated rings. The lowest BCUT2D eigenvalue weighted by molar-refractivity contribution is 0.0690. The summed E-state index contributed by atoms with van der Waals surface area (Å²) in [7, 11) is 0. The molecule has 82 valence electrons. The second-order valence-electron chi connectivity index (χ2n) is 3.22. The highest BCUT2D eigenvalue weighted by Crippen LogP contribution is 2.26. The monoisotopic (exact) mass is 237 g/mol. The predicted molar refractivity (Wildman–Crippen MR) is 58.5 cm³/mol. The molecule has 2 N–H and O–H groups in total. The molecule has 0 aromatic carbocycles. The summed E-state index contributed by atoms with van der Waals surface area (Å²) in [6.45, 7) is 1.78. The normalized spacial score (nSPS) is 10.4. The van der Waals surface area contributed by atoms with Crippen molar-refractivity contribution in [3.8, 4) is 11.4 Å². The van der Waals surface area contributed by atoms with Gasteiger partial charge in [-0.15, -0.1) is 0 Å². The van der Waals surface area contributed by atoms with Crippen molar-refractivity contribution in [3.63, 3.8) is 0 Å². The van der Waals surface area contributed by atoms with Crippen LogP contribution in [-0.4, -0.2) is 26.3 Å². The number of aromatic amines is 1. The molecule has 0 amide bonds. The van der Waals surface area contributed by atoms with Crippen molar-refractivity contribution in [2.75, 3.05) is 0 Å². The van der Waals surface area contributed by atoms with E-state index in [-0.39, 0.29) is 5.69 Å². The van der Waals surface area contributed by atoms with Crippen LogP contribution in [0.15, 0.2) is 18.2 Å². The number of aromatic carboxylic acids is 1. The Labute approximate surface area is 96.1 Å². The Hall–Kier alpha value is -1.88. The second-order valence-corrected chi connectivity index (χ2v) is 3.60. The molecule has 0 aliphatic heterocycles. The Morgan fingerprint density at radius 1 is 1.50 bits per heavy atom. The highest BCUT2D eigenvalue weighted by atomic mass is 35.5. The zero-order valence-corrected chi connectivity index (χ0v) is 9.12. The van der Waals surface area contributed by atoms with Gasteiger partial charge in [0, 0.05) is 0 Å². The van der Waals surface area contributed by atoms with Crippen molar-refractivity contribution >= 4 is 17.6 Å². The molecule has 0 aliphatic rings. The van der Waals surface area contributed by atoms with E-state index in [1.54, 1.807) is 19.1 Å². The number of carbonyl (C=O) groups is 1. The summed E-state index contributed by atoms with van der Waals surface area (Å²) in [5.41, 5.74) is 1.59. The van der Waals surface area contributed by atoms with Crippen LogP contribution in [0.4, 0.5) is 0 Å². The minimum absolute atomic E-state index is 0.0331. The van der Waals surface area contributed by atoms with Crippen LogP contribution in [-0.2, 0) is 0 Å². The molecule has 2 aromatic heterocycles. The zero-order valence-electron chi connectivity index (χ0n) is 8.36. The van der Waals surface area contributed by atoms with E-state index in [9.17, 15) is 4.79 Å². The van der Waals surface area contributed by atoms with E-state index in [1.807, 2.05) is 0 Å². The number of carboxylic acids is 1. The van der Waals surface area contributed by atoms with Gasteiger partial charge in [0.1, 0.15) is 11.4 Å². The molecule has 0 radical (unpaired) electrons. The quantitative estimate of drug-likeness (QED) is 0.839. The standard InChI is InChI=1S/C10H8ClN3O2/c1-5-8(11)9(14-13-5)6-3-2-4-7(12-6)10(15)16/h2-4H,1H3,(H,13,14)(H,15,16). The van der Waals surface area contributed by atoms with Gasteiger partial charge in [-0.1, -0.05) is 17.7 Å². The lowest BCUT2D eigenvalue weighted by atomic mass is 10.2. The van der Waals surface area contributed by atoms with Gasteiger partial charge in [-0.2, -0.15) is 5.10 Å². The van der Waals surface area contributed by atoms with Crippen molar-refractivity contribution in [2.45, 2.75) is 6.92 Å². The second kappa shape index (κ2) is 3.94. The Morgan fingerprint density at radius 3 is 2.81 bits per heavy atom. The molecule has 0 atom stereocenters. The molecule has 2 heterocycles. The van der Waals surface area contributed by atoms with Crippen LogP contribution in [0.25, 0.3) is 11.4 Å². The molecule has 0 spiro atoms. The van der Waals surface area contributed by atoms with Crippen molar-refractivity contribution in [2.24, 2.45) is 0 Å². The number of aryl methyl sites for hydroxylation is 1.